The number of fused-ring (bicyclic) bond motifs is 1. The lowest BCUT2D eigenvalue weighted by Gasteiger charge is -2.09. The Morgan fingerprint density at radius 1 is 1.32 bits per heavy atom. The first kappa shape index (κ1) is 14.5. The van der Waals surface area contributed by atoms with Gasteiger partial charge >= 0.3 is 0 Å². The minimum Gasteiger partial charge on any atom is -0.496 e. The summed E-state index contributed by atoms with van der Waals surface area (Å²) in [4.78, 5) is 8.62. The van der Waals surface area contributed by atoms with E-state index in [0.717, 1.165) is 0 Å². The predicted molar refractivity (Wildman–Crippen MR) is 81.2 cm³/mol. The quantitative estimate of drug-likeness (QED) is 0.784. The van der Waals surface area contributed by atoms with E-state index in [0.29, 0.717) is 22.7 Å². The molecule has 0 amide bonds. The van der Waals surface area contributed by atoms with Gasteiger partial charge in [0, 0.05) is 30.2 Å². The molecule has 0 atom stereocenters. The minimum absolute atomic E-state index is 0.140. The summed E-state index contributed by atoms with van der Waals surface area (Å²) in [6.45, 7) is 0. The highest BCUT2D eigenvalue weighted by molar-refractivity contribution is 7.89. The summed E-state index contributed by atoms with van der Waals surface area (Å²) in [5.41, 5.74) is 2.09. The van der Waals surface area contributed by atoms with E-state index < -0.39 is 10.0 Å². The molecule has 22 heavy (non-hydrogen) atoms. The first-order chi connectivity index (χ1) is 10.5. The molecule has 0 bridgehead atoms. The first-order valence-electron chi connectivity index (χ1n) is 6.46. The van der Waals surface area contributed by atoms with Crippen LogP contribution in [0, 0.1) is 0 Å². The van der Waals surface area contributed by atoms with Crippen molar-refractivity contribution in [3.8, 4) is 17.0 Å². The van der Waals surface area contributed by atoms with Gasteiger partial charge < -0.3 is 9.14 Å². The highest BCUT2D eigenvalue weighted by Gasteiger charge is 2.16. The van der Waals surface area contributed by atoms with Gasteiger partial charge in [-0.3, -0.25) is 4.98 Å². The van der Waals surface area contributed by atoms with Crippen molar-refractivity contribution in [2.24, 2.45) is 0 Å². The smallest absolute Gasteiger partial charge is 0.240 e. The number of ether oxygens (including phenoxy) is 1. The van der Waals surface area contributed by atoms with Gasteiger partial charge in [0.05, 0.1) is 23.9 Å². The number of hydrogen-bond acceptors (Lipinski definition) is 5. The standard InChI is InChI=1S/C14H14N4O3S/c1-15-22(19,20)10-3-4-11(13(7-10)21-2)12-9-18-6-5-16-8-14(18)17-12/h3-9,15H,1-2H3. The van der Waals surface area contributed by atoms with E-state index >= 15 is 0 Å². The summed E-state index contributed by atoms with van der Waals surface area (Å²) in [7, 11) is -0.662. The van der Waals surface area contributed by atoms with Crippen LogP contribution in [-0.2, 0) is 10.0 Å². The molecule has 0 aliphatic rings. The molecule has 8 heteroatoms. The molecule has 3 aromatic rings. The van der Waals surface area contributed by atoms with Gasteiger partial charge in [-0.1, -0.05) is 0 Å². The second kappa shape index (κ2) is 5.39. The molecular formula is C14H14N4O3S. The summed E-state index contributed by atoms with van der Waals surface area (Å²) in [6.07, 6.45) is 6.94. The van der Waals surface area contributed by atoms with E-state index in [-0.39, 0.29) is 4.90 Å². The summed E-state index contributed by atoms with van der Waals surface area (Å²) in [6, 6.07) is 4.67. The second-order valence-corrected chi connectivity index (χ2v) is 6.42. The van der Waals surface area contributed by atoms with E-state index in [9.17, 15) is 8.42 Å². The van der Waals surface area contributed by atoms with Crippen LogP contribution in [0.1, 0.15) is 0 Å². The summed E-state index contributed by atoms with van der Waals surface area (Å²) in [5, 5.41) is 0. The number of nitrogens with one attached hydrogen (secondary N) is 1. The Morgan fingerprint density at radius 3 is 2.82 bits per heavy atom. The van der Waals surface area contributed by atoms with E-state index in [2.05, 4.69) is 14.7 Å². The molecule has 2 heterocycles. The molecule has 0 aliphatic carbocycles. The van der Waals surface area contributed by atoms with Crippen LogP contribution < -0.4 is 9.46 Å². The fourth-order valence-corrected chi connectivity index (χ4v) is 2.89. The van der Waals surface area contributed by atoms with Crippen LogP contribution >= 0.6 is 0 Å². The number of rotatable bonds is 4. The van der Waals surface area contributed by atoms with Crippen molar-refractivity contribution in [1.29, 1.82) is 0 Å². The Balaban J connectivity index is 2.14. The van der Waals surface area contributed by atoms with Crippen LogP contribution in [0.25, 0.3) is 16.9 Å². The van der Waals surface area contributed by atoms with Crippen LogP contribution in [0.2, 0.25) is 0 Å². The van der Waals surface area contributed by atoms with Gasteiger partial charge in [-0.15, -0.1) is 0 Å². The number of sulfonamides is 1. The summed E-state index contributed by atoms with van der Waals surface area (Å²) in [5.74, 6) is 0.438. The number of imidazole rings is 1. The maximum atomic E-state index is 11.9. The third-order valence-electron chi connectivity index (χ3n) is 3.29. The van der Waals surface area contributed by atoms with Crippen molar-refractivity contribution >= 4 is 15.7 Å². The number of nitrogens with zero attached hydrogens (tertiary/aromatic N) is 3. The molecular weight excluding hydrogens is 304 g/mol. The average Bonchev–Trinajstić information content (AvgIpc) is 2.98. The third kappa shape index (κ3) is 2.42. The minimum atomic E-state index is -3.52. The van der Waals surface area contributed by atoms with Gasteiger partial charge in [-0.05, 0) is 19.2 Å². The van der Waals surface area contributed by atoms with Gasteiger partial charge in [0.2, 0.25) is 10.0 Å². The highest BCUT2D eigenvalue weighted by atomic mass is 32.2. The Bertz CT molecular complexity index is 901. The van der Waals surface area contributed by atoms with Gasteiger partial charge in [0.1, 0.15) is 5.75 Å². The van der Waals surface area contributed by atoms with Crippen molar-refractivity contribution in [2.45, 2.75) is 4.90 Å². The van der Waals surface area contributed by atoms with Crippen molar-refractivity contribution in [3.63, 3.8) is 0 Å². The Morgan fingerprint density at radius 2 is 2.14 bits per heavy atom. The van der Waals surface area contributed by atoms with Crippen molar-refractivity contribution < 1.29 is 13.2 Å². The monoisotopic (exact) mass is 318 g/mol. The van der Waals surface area contributed by atoms with Crippen LogP contribution in [0.3, 0.4) is 0 Å². The molecule has 0 spiro atoms. The lowest BCUT2D eigenvalue weighted by Crippen LogP contribution is -2.18. The SMILES string of the molecule is CNS(=O)(=O)c1ccc(-c2cn3ccncc3n2)c(OC)c1. The molecule has 2 aromatic heterocycles. The highest BCUT2D eigenvalue weighted by Crippen LogP contribution is 2.31. The molecule has 0 radical (unpaired) electrons. The molecule has 0 saturated carbocycles. The maximum absolute atomic E-state index is 11.9. The van der Waals surface area contributed by atoms with E-state index in [1.165, 1.54) is 26.3 Å². The molecule has 7 nitrogen and oxygen atoms in total. The van der Waals surface area contributed by atoms with Crippen LogP contribution in [0.15, 0.2) is 47.9 Å². The van der Waals surface area contributed by atoms with Crippen molar-refractivity contribution in [2.75, 3.05) is 14.2 Å². The lowest BCUT2D eigenvalue weighted by atomic mass is 10.1. The maximum Gasteiger partial charge on any atom is 0.240 e. The molecule has 114 valence electrons. The van der Waals surface area contributed by atoms with Crippen molar-refractivity contribution in [1.82, 2.24) is 19.1 Å². The Kier molecular flexibility index (Phi) is 3.55. The van der Waals surface area contributed by atoms with Gasteiger partial charge in [0.25, 0.3) is 0 Å². The molecule has 0 aliphatic heterocycles. The lowest BCUT2D eigenvalue weighted by molar-refractivity contribution is 0.415. The number of methoxy groups -OCH3 is 1. The summed E-state index contributed by atoms with van der Waals surface area (Å²) >= 11 is 0. The Labute approximate surface area is 127 Å². The number of aromatic nitrogens is 3. The first-order valence-corrected chi connectivity index (χ1v) is 7.94. The van der Waals surface area contributed by atoms with E-state index in [4.69, 9.17) is 4.74 Å². The van der Waals surface area contributed by atoms with E-state index in [1.807, 2.05) is 10.6 Å². The largest absolute Gasteiger partial charge is 0.496 e. The topological polar surface area (TPSA) is 85.6 Å². The molecule has 3 rings (SSSR count). The fourth-order valence-electron chi connectivity index (χ4n) is 2.14. The average molecular weight is 318 g/mol. The van der Waals surface area contributed by atoms with Crippen LogP contribution in [0.4, 0.5) is 0 Å². The normalized spacial score (nSPS) is 11.7. The fraction of sp³-hybridized carbons (Fsp3) is 0.143. The zero-order chi connectivity index (χ0) is 15.7. The second-order valence-electron chi connectivity index (χ2n) is 4.54. The number of benzene rings is 1. The Hall–Kier alpha value is -2.45. The van der Waals surface area contributed by atoms with Crippen LogP contribution in [-0.4, -0.2) is 36.9 Å². The van der Waals surface area contributed by atoms with Gasteiger partial charge in [-0.2, -0.15) is 0 Å². The van der Waals surface area contributed by atoms with Crippen molar-refractivity contribution in [3.05, 3.63) is 43.0 Å². The van der Waals surface area contributed by atoms with Gasteiger partial charge in [0.15, 0.2) is 5.65 Å². The number of hydrogen-bond donors (Lipinski definition) is 1. The zero-order valence-electron chi connectivity index (χ0n) is 12.0. The molecule has 0 unspecified atom stereocenters. The van der Waals surface area contributed by atoms with E-state index in [1.54, 1.807) is 24.7 Å². The third-order valence-corrected chi connectivity index (χ3v) is 4.70. The molecule has 0 saturated heterocycles. The summed E-state index contributed by atoms with van der Waals surface area (Å²) < 4.78 is 33.2. The molecule has 0 fully saturated rings. The zero-order valence-corrected chi connectivity index (χ0v) is 12.8. The van der Waals surface area contributed by atoms with Gasteiger partial charge in [-0.25, -0.2) is 18.1 Å². The molecule has 1 aromatic carbocycles. The van der Waals surface area contributed by atoms with Crippen LogP contribution in [0.5, 0.6) is 5.75 Å². The molecule has 1 N–H and O–H groups in total. The predicted octanol–water partition coefficient (Wildman–Crippen LogP) is 1.31.